The number of hydrogen-bond donors (Lipinski definition) is 2. The van der Waals surface area contributed by atoms with E-state index in [0.717, 1.165) is 0 Å². The molecule has 19 heavy (non-hydrogen) atoms. The molecule has 0 radical (unpaired) electrons. The zero-order valence-electron chi connectivity index (χ0n) is 10.8. The van der Waals surface area contributed by atoms with Crippen molar-refractivity contribution in [1.29, 1.82) is 0 Å². The van der Waals surface area contributed by atoms with Crippen LogP contribution in [0.3, 0.4) is 0 Å². The molecular weight excluding hydrogens is 248 g/mol. The fraction of sp³-hybridized carbons (Fsp3) is 0.462. The van der Waals surface area contributed by atoms with Gasteiger partial charge in [-0.2, -0.15) is 0 Å². The Morgan fingerprint density at radius 1 is 1.37 bits per heavy atom. The summed E-state index contributed by atoms with van der Waals surface area (Å²) in [5.41, 5.74) is 0.306. The normalized spacial score (nSPS) is 22.5. The Hall–Kier alpha value is -2.11. The van der Waals surface area contributed by atoms with Crippen LogP contribution in [0.25, 0.3) is 0 Å². The Balaban J connectivity index is 2.22. The first-order chi connectivity index (χ1) is 8.90. The minimum atomic E-state index is -0.902. The predicted molar refractivity (Wildman–Crippen MR) is 68.0 cm³/mol. The molecule has 0 aliphatic carbocycles. The highest BCUT2D eigenvalue weighted by atomic mass is 16.4. The number of rotatable bonds is 2. The Morgan fingerprint density at radius 3 is 2.58 bits per heavy atom. The Labute approximate surface area is 110 Å². The van der Waals surface area contributed by atoms with Crippen LogP contribution in [-0.2, 0) is 4.79 Å². The molecule has 1 aromatic rings. The number of carboxylic acids is 1. The Morgan fingerprint density at radius 2 is 2.05 bits per heavy atom. The molecule has 2 heterocycles. The minimum absolute atomic E-state index is 0.0591. The Bertz CT molecular complexity index is 578. The summed E-state index contributed by atoms with van der Waals surface area (Å²) >= 11 is 0. The molecule has 1 fully saturated rings. The SMILES string of the molecule is Cc1ccc(C(=O)N2CC(C)C(C(=O)O)C2)c(=O)[nH]1. The molecule has 0 bridgehead atoms. The number of H-pyrrole nitrogens is 1. The summed E-state index contributed by atoms with van der Waals surface area (Å²) in [6.45, 7) is 4.05. The fourth-order valence-corrected chi connectivity index (χ4v) is 2.36. The number of aryl methyl sites for hydroxylation is 1. The van der Waals surface area contributed by atoms with E-state index in [0.29, 0.717) is 12.2 Å². The van der Waals surface area contributed by atoms with Crippen LogP contribution < -0.4 is 5.56 Å². The molecule has 2 rings (SSSR count). The number of carboxylic acid groups (broad SMARTS) is 1. The third kappa shape index (κ3) is 2.52. The molecule has 0 aromatic carbocycles. The van der Waals surface area contributed by atoms with Crippen molar-refractivity contribution in [1.82, 2.24) is 9.88 Å². The molecule has 6 heteroatoms. The van der Waals surface area contributed by atoms with Crippen molar-refractivity contribution in [2.24, 2.45) is 11.8 Å². The van der Waals surface area contributed by atoms with E-state index < -0.39 is 23.4 Å². The van der Waals surface area contributed by atoms with Crippen LogP contribution in [0.2, 0.25) is 0 Å². The van der Waals surface area contributed by atoms with Crippen molar-refractivity contribution in [3.05, 3.63) is 33.7 Å². The highest BCUT2D eigenvalue weighted by Gasteiger charge is 2.37. The van der Waals surface area contributed by atoms with Crippen LogP contribution >= 0.6 is 0 Å². The van der Waals surface area contributed by atoms with E-state index >= 15 is 0 Å². The van der Waals surface area contributed by atoms with E-state index in [2.05, 4.69) is 4.98 Å². The van der Waals surface area contributed by atoms with Gasteiger partial charge in [-0.25, -0.2) is 0 Å². The van der Waals surface area contributed by atoms with Crippen LogP contribution in [0.15, 0.2) is 16.9 Å². The highest BCUT2D eigenvalue weighted by Crippen LogP contribution is 2.24. The largest absolute Gasteiger partial charge is 0.481 e. The van der Waals surface area contributed by atoms with Crippen LogP contribution in [0, 0.1) is 18.8 Å². The monoisotopic (exact) mass is 264 g/mol. The second-order valence-corrected chi connectivity index (χ2v) is 5.02. The van der Waals surface area contributed by atoms with Gasteiger partial charge in [-0.1, -0.05) is 6.92 Å². The van der Waals surface area contributed by atoms with Crippen LogP contribution in [0.5, 0.6) is 0 Å². The van der Waals surface area contributed by atoms with Crippen molar-refractivity contribution in [2.75, 3.05) is 13.1 Å². The number of likely N-dealkylation sites (tertiary alicyclic amines) is 1. The van der Waals surface area contributed by atoms with Crippen LogP contribution in [0.4, 0.5) is 0 Å². The summed E-state index contributed by atoms with van der Waals surface area (Å²) in [5, 5.41) is 9.04. The van der Waals surface area contributed by atoms with E-state index in [4.69, 9.17) is 5.11 Å². The summed E-state index contributed by atoms with van der Waals surface area (Å²) in [5.74, 6) is -1.98. The number of aromatic amines is 1. The first kappa shape index (κ1) is 13.3. The number of amides is 1. The Kier molecular flexibility index (Phi) is 3.42. The lowest BCUT2D eigenvalue weighted by atomic mass is 9.99. The maximum atomic E-state index is 12.2. The average Bonchev–Trinajstić information content (AvgIpc) is 2.70. The van der Waals surface area contributed by atoms with Gasteiger partial charge in [0.25, 0.3) is 11.5 Å². The summed E-state index contributed by atoms with van der Waals surface area (Å²) in [6.07, 6.45) is 0. The van der Waals surface area contributed by atoms with Gasteiger partial charge in [-0.05, 0) is 25.0 Å². The number of nitrogens with one attached hydrogen (secondary N) is 1. The number of pyridine rings is 1. The molecule has 2 unspecified atom stereocenters. The number of aliphatic carboxylic acids is 1. The van der Waals surface area contributed by atoms with Crippen molar-refractivity contribution in [3.8, 4) is 0 Å². The summed E-state index contributed by atoms with van der Waals surface area (Å²) in [6, 6.07) is 3.14. The lowest BCUT2D eigenvalue weighted by Crippen LogP contribution is -2.34. The molecule has 102 valence electrons. The van der Waals surface area contributed by atoms with E-state index in [1.54, 1.807) is 19.9 Å². The molecule has 1 amide bonds. The van der Waals surface area contributed by atoms with E-state index in [9.17, 15) is 14.4 Å². The smallest absolute Gasteiger partial charge is 0.308 e. The van der Waals surface area contributed by atoms with E-state index in [1.165, 1.54) is 11.0 Å². The van der Waals surface area contributed by atoms with Gasteiger partial charge in [0, 0.05) is 18.8 Å². The van der Waals surface area contributed by atoms with Crippen LogP contribution in [0.1, 0.15) is 23.0 Å². The molecule has 0 saturated carbocycles. The molecule has 2 atom stereocenters. The molecular formula is C13H16N2O4. The number of nitrogens with zero attached hydrogens (tertiary/aromatic N) is 1. The second-order valence-electron chi connectivity index (χ2n) is 5.02. The van der Waals surface area contributed by atoms with Gasteiger partial charge in [-0.3, -0.25) is 14.4 Å². The molecule has 1 aromatic heterocycles. The van der Waals surface area contributed by atoms with E-state index in [1.807, 2.05) is 0 Å². The standard InChI is InChI=1S/C13H16N2O4/c1-7-5-15(6-10(7)13(18)19)12(17)9-4-3-8(2)14-11(9)16/h3-4,7,10H,5-6H2,1-2H3,(H,14,16)(H,18,19). The highest BCUT2D eigenvalue weighted by molar-refractivity contribution is 5.94. The summed E-state index contributed by atoms with van der Waals surface area (Å²) in [4.78, 5) is 38.9. The van der Waals surface area contributed by atoms with Crippen molar-refractivity contribution in [3.63, 3.8) is 0 Å². The number of carbonyl (C=O) groups is 2. The second kappa shape index (κ2) is 4.87. The number of aromatic nitrogens is 1. The predicted octanol–water partition coefficient (Wildman–Crippen LogP) is 0.476. The van der Waals surface area contributed by atoms with Gasteiger partial charge in [0.2, 0.25) is 0 Å². The van der Waals surface area contributed by atoms with Crippen molar-refractivity contribution < 1.29 is 14.7 Å². The van der Waals surface area contributed by atoms with Crippen molar-refractivity contribution >= 4 is 11.9 Å². The van der Waals surface area contributed by atoms with Crippen LogP contribution in [-0.4, -0.2) is 40.0 Å². The lowest BCUT2D eigenvalue weighted by Gasteiger charge is -2.15. The third-order valence-electron chi connectivity index (χ3n) is 3.50. The van der Waals surface area contributed by atoms with Crippen molar-refractivity contribution in [2.45, 2.75) is 13.8 Å². The van der Waals surface area contributed by atoms with Gasteiger partial charge in [0.15, 0.2) is 0 Å². The van der Waals surface area contributed by atoms with Gasteiger partial charge in [0.1, 0.15) is 5.56 Å². The fourth-order valence-electron chi connectivity index (χ4n) is 2.36. The first-order valence-corrected chi connectivity index (χ1v) is 6.12. The lowest BCUT2D eigenvalue weighted by molar-refractivity contribution is -0.142. The van der Waals surface area contributed by atoms with E-state index in [-0.39, 0.29) is 18.0 Å². The number of hydrogen-bond acceptors (Lipinski definition) is 3. The summed E-state index contributed by atoms with van der Waals surface area (Å²) in [7, 11) is 0. The molecule has 1 aliphatic heterocycles. The zero-order valence-corrected chi connectivity index (χ0v) is 10.8. The topological polar surface area (TPSA) is 90.5 Å². The molecule has 1 aliphatic rings. The molecule has 2 N–H and O–H groups in total. The molecule has 0 spiro atoms. The quantitative estimate of drug-likeness (QED) is 0.812. The zero-order chi connectivity index (χ0) is 14.2. The first-order valence-electron chi connectivity index (χ1n) is 6.12. The average molecular weight is 264 g/mol. The van der Waals surface area contributed by atoms with Gasteiger partial charge >= 0.3 is 5.97 Å². The number of carbonyl (C=O) groups excluding carboxylic acids is 1. The minimum Gasteiger partial charge on any atom is -0.481 e. The van der Waals surface area contributed by atoms with Gasteiger partial charge < -0.3 is 15.0 Å². The molecule has 6 nitrogen and oxygen atoms in total. The van der Waals surface area contributed by atoms with Gasteiger partial charge in [-0.15, -0.1) is 0 Å². The summed E-state index contributed by atoms with van der Waals surface area (Å²) < 4.78 is 0. The van der Waals surface area contributed by atoms with Gasteiger partial charge in [0.05, 0.1) is 5.92 Å². The third-order valence-corrected chi connectivity index (χ3v) is 3.50. The maximum absolute atomic E-state index is 12.2. The molecule has 1 saturated heterocycles. The maximum Gasteiger partial charge on any atom is 0.308 e.